The van der Waals surface area contributed by atoms with E-state index in [1.54, 1.807) is 19.2 Å². The van der Waals surface area contributed by atoms with Gasteiger partial charge in [0, 0.05) is 5.56 Å². The standard InChI is InChI=1S/C19H16O3/c1-21-18-11-4-5-12-19(18)22-15-8-6-7-14(13-15)16-9-2-3-10-17(16)20/h2-13,20H,1H3. The van der Waals surface area contributed by atoms with Crippen LogP contribution in [-0.2, 0) is 0 Å². The minimum atomic E-state index is 0.247. The molecule has 0 heterocycles. The largest absolute Gasteiger partial charge is 0.507 e. The Kier molecular flexibility index (Phi) is 3.97. The van der Waals surface area contributed by atoms with Crippen LogP contribution in [0.25, 0.3) is 11.1 Å². The Hall–Kier alpha value is -2.94. The molecule has 110 valence electrons. The molecule has 1 N–H and O–H groups in total. The van der Waals surface area contributed by atoms with Crippen LogP contribution in [0.5, 0.6) is 23.0 Å². The van der Waals surface area contributed by atoms with Crippen LogP contribution in [0.3, 0.4) is 0 Å². The van der Waals surface area contributed by atoms with Gasteiger partial charge in [-0.05, 0) is 35.9 Å². The van der Waals surface area contributed by atoms with Crippen molar-refractivity contribution in [2.45, 2.75) is 0 Å². The van der Waals surface area contributed by atoms with Gasteiger partial charge in [-0.1, -0.05) is 42.5 Å². The summed E-state index contributed by atoms with van der Waals surface area (Å²) in [6.07, 6.45) is 0. The molecule has 0 saturated heterocycles. The lowest BCUT2D eigenvalue weighted by molar-refractivity contribution is 0.379. The van der Waals surface area contributed by atoms with Gasteiger partial charge >= 0.3 is 0 Å². The second-order valence-corrected chi connectivity index (χ2v) is 4.80. The minimum absolute atomic E-state index is 0.247. The predicted octanol–water partition coefficient (Wildman–Crippen LogP) is 4.86. The first kappa shape index (κ1) is 14.0. The van der Waals surface area contributed by atoms with E-state index < -0.39 is 0 Å². The molecule has 0 radical (unpaired) electrons. The molecule has 0 fully saturated rings. The fourth-order valence-electron chi connectivity index (χ4n) is 2.27. The van der Waals surface area contributed by atoms with E-state index >= 15 is 0 Å². The summed E-state index contributed by atoms with van der Waals surface area (Å²) >= 11 is 0. The molecular weight excluding hydrogens is 276 g/mol. The Morgan fingerprint density at radius 3 is 2.27 bits per heavy atom. The molecule has 3 heteroatoms. The van der Waals surface area contributed by atoms with Crippen molar-refractivity contribution in [3.8, 4) is 34.1 Å². The molecule has 3 rings (SSSR count). The second kappa shape index (κ2) is 6.22. The zero-order valence-corrected chi connectivity index (χ0v) is 12.2. The Morgan fingerprint density at radius 2 is 1.50 bits per heavy atom. The van der Waals surface area contributed by atoms with Crippen molar-refractivity contribution in [1.82, 2.24) is 0 Å². The lowest BCUT2D eigenvalue weighted by Crippen LogP contribution is -1.90. The molecule has 0 unspecified atom stereocenters. The highest BCUT2D eigenvalue weighted by Crippen LogP contribution is 2.34. The predicted molar refractivity (Wildman–Crippen MR) is 86.6 cm³/mol. The molecule has 0 amide bonds. The van der Waals surface area contributed by atoms with Crippen molar-refractivity contribution < 1.29 is 14.6 Å². The van der Waals surface area contributed by atoms with Crippen LogP contribution in [0.15, 0.2) is 72.8 Å². The quantitative estimate of drug-likeness (QED) is 0.746. The SMILES string of the molecule is COc1ccccc1Oc1cccc(-c2ccccc2O)c1. The lowest BCUT2D eigenvalue weighted by atomic mass is 10.0. The van der Waals surface area contributed by atoms with E-state index in [4.69, 9.17) is 9.47 Å². The molecule has 3 aromatic rings. The molecule has 0 aliphatic rings. The highest BCUT2D eigenvalue weighted by Gasteiger charge is 2.07. The number of para-hydroxylation sites is 3. The van der Waals surface area contributed by atoms with Gasteiger partial charge in [0.2, 0.25) is 0 Å². The van der Waals surface area contributed by atoms with Crippen LogP contribution in [0, 0.1) is 0 Å². The molecule has 0 aliphatic heterocycles. The van der Waals surface area contributed by atoms with Crippen molar-refractivity contribution >= 4 is 0 Å². The first-order chi connectivity index (χ1) is 10.8. The smallest absolute Gasteiger partial charge is 0.169 e. The van der Waals surface area contributed by atoms with Crippen molar-refractivity contribution in [2.75, 3.05) is 7.11 Å². The van der Waals surface area contributed by atoms with Gasteiger partial charge in [0.05, 0.1) is 7.11 Å². The number of phenolic OH excluding ortho intramolecular Hbond substituents is 1. The summed E-state index contributed by atoms with van der Waals surface area (Å²) in [5.74, 6) is 2.26. The van der Waals surface area contributed by atoms with Gasteiger partial charge in [-0.25, -0.2) is 0 Å². The zero-order valence-electron chi connectivity index (χ0n) is 12.2. The lowest BCUT2D eigenvalue weighted by Gasteiger charge is -2.11. The van der Waals surface area contributed by atoms with E-state index in [0.29, 0.717) is 17.2 Å². The molecule has 0 aromatic heterocycles. The van der Waals surface area contributed by atoms with Gasteiger partial charge in [0.1, 0.15) is 11.5 Å². The van der Waals surface area contributed by atoms with E-state index in [1.807, 2.05) is 60.7 Å². The summed E-state index contributed by atoms with van der Waals surface area (Å²) in [6, 6.07) is 22.3. The van der Waals surface area contributed by atoms with Crippen molar-refractivity contribution in [1.29, 1.82) is 0 Å². The third kappa shape index (κ3) is 2.88. The van der Waals surface area contributed by atoms with Crippen LogP contribution >= 0.6 is 0 Å². The summed E-state index contributed by atoms with van der Waals surface area (Å²) in [5, 5.41) is 9.97. The summed E-state index contributed by atoms with van der Waals surface area (Å²) in [5.41, 5.74) is 1.67. The highest BCUT2D eigenvalue weighted by molar-refractivity contribution is 5.71. The third-order valence-corrected chi connectivity index (χ3v) is 3.35. The van der Waals surface area contributed by atoms with Crippen LogP contribution < -0.4 is 9.47 Å². The number of aromatic hydroxyl groups is 1. The van der Waals surface area contributed by atoms with Gasteiger partial charge in [-0.15, -0.1) is 0 Å². The maximum Gasteiger partial charge on any atom is 0.169 e. The van der Waals surface area contributed by atoms with Crippen LogP contribution in [0.4, 0.5) is 0 Å². The maximum atomic E-state index is 9.97. The van der Waals surface area contributed by atoms with Crippen LogP contribution in [-0.4, -0.2) is 12.2 Å². The topological polar surface area (TPSA) is 38.7 Å². The fourth-order valence-corrected chi connectivity index (χ4v) is 2.27. The first-order valence-electron chi connectivity index (χ1n) is 6.97. The molecule has 0 bridgehead atoms. The average molecular weight is 292 g/mol. The van der Waals surface area contributed by atoms with Gasteiger partial charge in [0.15, 0.2) is 11.5 Å². The molecule has 3 nitrogen and oxygen atoms in total. The van der Waals surface area contributed by atoms with Crippen molar-refractivity contribution in [3.63, 3.8) is 0 Å². The summed E-state index contributed by atoms with van der Waals surface area (Å²) in [4.78, 5) is 0. The Balaban J connectivity index is 1.94. The number of methoxy groups -OCH3 is 1. The minimum Gasteiger partial charge on any atom is -0.507 e. The van der Waals surface area contributed by atoms with Gasteiger partial charge < -0.3 is 14.6 Å². The molecule has 0 saturated carbocycles. The van der Waals surface area contributed by atoms with Crippen molar-refractivity contribution in [2.24, 2.45) is 0 Å². The monoisotopic (exact) mass is 292 g/mol. The van der Waals surface area contributed by atoms with Crippen LogP contribution in [0.1, 0.15) is 0 Å². The van der Waals surface area contributed by atoms with Gasteiger partial charge in [-0.2, -0.15) is 0 Å². The van der Waals surface area contributed by atoms with Gasteiger partial charge in [0.25, 0.3) is 0 Å². The molecular formula is C19H16O3. The Morgan fingerprint density at radius 1 is 0.773 bits per heavy atom. The summed E-state index contributed by atoms with van der Waals surface area (Å²) < 4.78 is 11.2. The number of ether oxygens (including phenoxy) is 2. The molecule has 22 heavy (non-hydrogen) atoms. The highest BCUT2D eigenvalue weighted by atomic mass is 16.5. The number of phenols is 1. The third-order valence-electron chi connectivity index (χ3n) is 3.35. The van der Waals surface area contributed by atoms with E-state index in [0.717, 1.165) is 11.1 Å². The fraction of sp³-hybridized carbons (Fsp3) is 0.0526. The zero-order chi connectivity index (χ0) is 15.4. The van der Waals surface area contributed by atoms with E-state index in [9.17, 15) is 5.11 Å². The van der Waals surface area contributed by atoms with Crippen molar-refractivity contribution in [3.05, 3.63) is 72.8 Å². The molecule has 0 aliphatic carbocycles. The summed E-state index contributed by atoms with van der Waals surface area (Å²) in [6.45, 7) is 0. The molecule has 0 spiro atoms. The van der Waals surface area contributed by atoms with Gasteiger partial charge in [-0.3, -0.25) is 0 Å². The summed E-state index contributed by atoms with van der Waals surface area (Å²) in [7, 11) is 1.61. The van der Waals surface area contributed by atoms with E-state index in [1.165, 1.54) is 0 Å². The number of rotatable bonds is 4. The first-order valence-corrected chi connectivity index (χ1v) is 6.97. The Labute approximate surface area is 129 Å². The average Bonchev–Trinajstić information content (AvgIpc) is 2.56. The number of hydrogen-bond donors (Lipinski definition) is 1. The van der Waals surface area contributed by atoms with Crippen LogP contribution in [0.2, 0.25) is 0 Å². The number of hydrogen-bond acceptors (Lipinski definition) is 3. The molecule has 3 aromatic carbocycles. The Bertz CT molecular complexity index is 781. The second-order valence-electron chi connectivity index (χ2n) is 4.80. The maximum absolute atomic E-state index is 9.97. The molecule has 0 atom stereocenters. The normalized spacial score (nSPS) is 10.2. The van der Waals surface area contributed by atoms with E-state index in [2.05, 4.69) is 0 Å². The number of benzene rings is 3. The van der Waals surface area contributed by atoms with E-state index in [-0.39, 0.29) is 5.75 Å².